The molecule has 1 fully saturated rings. The van der Waals surface area contributed by atoms with E-state index in [0.717, 1.165) is 12.8 Å². The molecule has 0 spiro atoms. The first-order valence-corrected chi connectivity index (χ1v) is 6.99. The average Bonchev–Trinajstić information content (AvgIpc) is 3.18. The fraction of sp³-hybridized carbons (Fsp3) is 0.571. The lowest BCUT2D eigenvalue weighted by Gasteiger charge is -2.11. The molecule has 0 aromatic carbocycles. The smallest absolute Gasteiger partial charge is 0.303 e. The van der Waals surface area contributed by atoms with Gasteiger partial charge >= 0.3 is 5.97 Å². The number of aromatic amines is 1. The number of nitrogens with zero attached hydrogens (tertiary/aromatic N) is 1. The Kier molecular flexibility index (Phi) is 4.40. The zero-order chi connectivity index (χ0) is 15.6. The van der Waals surface area contributed by atoms with Gasteiger partial charge in [-0.2, -0.15) is 0 Å². The van der Waals surface area contributed by atoms with Gasteiger partial charge in [-0.15, -0.1) is 0 Å². The minimum Gasteiger partial charge on any atom is -0.481 e. The number of hydrogen-bond acceptors (Lipinski definition) is 4. The van der Waals surface area contributed by atoms with E-state index in [2.05, 4.69) is 15.3 Å². The molecule has 0 saturated heterocycles. The highest BCUT2D eigenvalue weighted by atomic mass is 16.4. The minimum absolute atomic E-state index is 0.00178. The second-order valence-electron chi connectivity index (χ2n) is 5.60. The molecule has 1 amide bonds. The van der Waals surface area contributed by atoms with Gasteiger partial charge < -0.3 is 15.4 Å². The number of aliphatic carboxylic acids is 1. The third kappa shape index (κ3) is 3.90. The van der Waals surface area contributed by atoms with Gasteiger partial charge in [0.15, 0.2) is 0 Å². The molecule has 1 aromatic rings. The van der Waals surface area contributed by atoms with E-state index in [1.165, 1.54) is 0 Å². The summed E-state index contributed by atoms with van der Waals surface area (Å²) in [6.07, 6.45) is 2.00. The van der Waals surface area contributed by atoms with Crippen LogP contribution in [0, 0.1) is 12.8 Å². The van der Waals surface area contributed by atoms with Crippen molar-refractivity contribution in [1.82, 2.24) is 15.3 Å². The average molecular weight is 293 g/mol. The summed E-state index contributed by atoms with van der Waals surface area (Å²) in [5.74, 6) is -0.677. The number of H-pyrrole nitrogens is 1. The number of carbonyl (C=O) groups is 2. The summed E-state index contributed by atoms with van der Waals surface area (Å²) >= 11 is 0. The van der Waals surface area contributed by atoms with Gasteiger partial charge in [-0.1, -0.05) is 6.92 Å². The molecule has 1 heterocycles. The van der Waals surface area contributed by atoms with E-state index < -0.39 is 17.4 Å². The van der Waals surface area contributed by atoms with Crippen LogP contribution in [0.1, 0.15) is 54.0 Å². The predicted molar refractivity (Wildman–Crippen MR) is 75.3 cm³/mol. The summed E-state index contributed by atoms with van der Waals surface area (Å²) in [6, 6.07) is 0. The molecule has 1 saturated carbocycles. The lowest BCUT2D eigenvalue weighted by atomic mass is 10.1. The monoisotopic (exact) mass is 293 g/mol. The van der Waals surface area contributed by atoms with Crippen LogP contribution < -0.4 is 10.9 Å². The first kappa shape index (κ1) is 15.2. The summed E-state index contributed by atoms with van der Waals surface area (Å²) in [7, 11) is 0. The molecule has 0 aliphatic heterocycles. The first-order valence-electron chi connectivity index (χ1n) is 6.99. The Morgan fingerprint density at radius 3 is 2.67 bits per heavy atom. The highest BCUT2D eigenvalue weighted by Crippen LogP contribution is 2.37. The van der Waals surface area contributed by atoms with Gasteiger partial charge in [0.05, 0.1) is 5.69 Å². The molecule has 0 bridgehead atoms. The number of amides is 1. The SMILES string of the molecule is Cc1nc(C2CC2)[nH]c(=O)c1C(=O)NCC(C)CC(=O)O. The van der Waals surface area contributed by atoms with Gasteiger partial charge in [-0.05, 0) is 25.7 Å². The van der Waals surface area contributed by atoms with Gasteiger partial charge in [-0.3, -0.25) is 14.4 Å². The zero-order valence-corrected chi connectivity index (χ0v) is 12.1. The maximum atomic E-state index is 12.1. The molecule has 1 unspecified atom stereocenters. The lowest BCUT2D eigenvalue weighted by molar-refractivity contribution is -0.137. The number of carboxylic acid groups (broad SMARTS) is 1. The number of hydrogen-bond donors (Lipinski definition) is 3. The maximum absolute atomic E-state index is 12.1. The molecule has 2 rings (SSSR count). The van der Waals surface area contributed by atoms with E-state index in [-0.39, 0.29) is 24.4 Å². The van der Waals surface area contributed by atoms with Crippen molar-refractivity contribution in [3.63, 3.8) is 0 Å². The van der Waals surface area contributed by atoms with E-state index in [0.29, 0.717) is 17.4 Å². The molecule has 7 nitrogen and oxygen atoms in total. The van der Waals surface area contributed by atoms with Crippen molar-refractivity contribution in [2.45, 2.75) is 39.0 Å². The number of nitrogens with one attached hydrogen (secondary N) is 2. The number of aromatic nitrogens is 2. The van der Waals surface area contributed by atoms with Gasteiger partial charge in [0.25, 0.3) is 11.5 Å². The van der Waals surface area contributed by atoms with Gasteiger partial charge in [0, 0.05) is 18.9 Å². The Morgan fingerprint density at radius 2 is 2.14 bits per heavy atom. The molecule has 3 N–H and O–H groups in total. The fourth-order valence-electron chi connectivity index (χ4n) is 2.15. The van der Waals surface area contributed by atoms with Crippen LogP contribution in [0.25, 0.3) is 0 Å². The van der Waals surface area contributed by atoms with Crippen molar-refractivity contribution in [3.8, 4) is 0 Å². The standard InChI is InChI=1S/C14H19N3O4/c1-7(5-10(18)19)6-15-13(20)11-8(2)16-12(9-3-4-9)17-14(11)21/h7,9H,3-6H2,1-2H3,(H,15,20)(H,18,19)(H,16,17,21). The van der Waals surface area contributed by atoms with Crippen LogP contribution >= 0.6 is 0 Å². The van der Waals surface area contributed by atoms with Gasteiger partial charge in [-0.25, -0.2) is 4.98 Å². The van der Waals surface area contributed by atoms with Crippen LogP contribution in [0.3, 0.4) is 0 Å². The molecule has 7 heteroatoms. The number of carbonyl (C=O) groups excluding carboxylic acids is 1. The van der Waals surface area contributed by atoms with Crippen LogP contribution in [-0.2, 0) is 4.79 Å². The number of aryl methyl sites for hydroxylation is 1. The zero-order valence-electron chi connectivity index (χ0n) is 12.1. The molecule has 114 valence electrons. The third-order valence-corrected chi connectivity index (χ3v) is 3.44. The first-order chi connectivity index (χ1) is 9.88. The van der Waals surface area contributed by atoms with Crippen LogP contribution in [0.2, 0.25) is 0 Å². The molecular weight excluding hydrogens is 274 g/mol. The lowest BCUT2D eigenvalue weighted by Crippen LogP contribution is -2.34. The van der Waals surface area contributed by atoms with Crippen molar-refractivity contribution in [2.75, 3.05) is 6.54 Å². The second kappa shape index (κ2) is 6.07. The predicted octanol–water partition coefficient (Wildman–Crippen LogP) is 0.796. The highest BCUT2D eigenvalue weighted by molar-refractivity contribution is 5.94. The normalized spacial score (nSPS) is 15.5. The van der Waals surface area contributed by atoms with Crippen molar-refractivity contribution in [3.05, 3.63) is 27.4 Å². The summed E-state index contributed by atoms with van der Waals surface area (Å²) in [5.41, 5.74) is -0.0289. The maximum Gasteiger partial charge on any atom is 0.303 e. The van der Waals surface area contributed by atoms with E-state index in [4.69, 9.17) is 5.11 Å². The molecule has 21 heavy (non-hydrogen) atoms. The van der Waals surface area contributed by atoms with Crippen LogP contribution in [0.15, 0.2) is 4.79 Å². The van der Waals surface area contributed by atoms with E-state index in [1.807, 2.05) is 0 Å². The van der Waals surface area contributed by atoms with Gasteiger partial charge in [0.1, 0.15) is 11.4 Å². The van der Waals surface area contributed by atoms with E-state index >= 15 is 0 Å². The largest absolute Gasteiger partial charge is 0.481 e. The molecule has 0 radical (unpaired) electrons. The molecule has 1 aromatic heterocycles. The van der Waals surface area contributed by atoms with Crippen LogP contribution in [-0.4, -0.2) is 33.5 Å². The van der Waals surface area contributed by atoms with Crippen LogP contribution in [0.4, 0.5) is 0 Å². The summed E-state index contributed by atoms with van der Waals surface area (Å²) in [4.78, 5) is 41.6. The number of rotatable bonds is 6. The van der Waals surface area contributed by atoms with Crippen molar-refractivity contribution in [2.24, 2.45) is 5.92 Å². The Bertz CT molecular complexity index is 619. The van der Waals surface area contributed by atoms with E-state index in [9.17, 15) is 14.4 Å². The molecule has 1 aliphatic rings. The summed E-state index contributed by atoms with van der Waals surface area (Å²) < 4.78 is 0. The molecular formula is C14H19N3O4. The Labute approximate surface area is 121 Å². The number of carboxylic acids is 1. The summed E-state index contributed by atoms with van der Waals surface area (Å²) in [6.45, 7) is 3.56. The van der Waals surface area contributed by atoms with Crippen molar-refractivity contribution >= 4 is 11.9 Å². The van der Waals surface area contributed by atoms with Crippen molar-refractivity contribution < 1.29 is 14.7 Å². The summed E-state index contributed by atoms with van der Waals surface area (Å²) in [5, 5.41) is 11.3. The third-order valence-electron chi connectivity index (χ3n) is 3.44. The Hall–Kier alpha value is -2.18. The van der Waals surface area contributed by atoms with Crippen LogP contribution in [0.5, 0.6) is 0 Å². The van der Waals surface area contributed by atoms with Gasteiger partial charge in [0.2, 0.25) is 0 Å². The van der Waals surface area contributed by atoms with E-state index in [1.54, 1.807) is 13.8 Å². The Balaban J connectivity index is 2.05. The Morgan fingerprint density at radius 1 is 1.48 bits per heavy atom. The fourth-order valence-corrected chi connectivity index (χ4v) is 2.15. The molecule has 1 atom stereocenters. The minimum atomic E-state index is -0.916. The van der Waals surface area contributed by atoms with Crippen molar-refractivity contribution in [1.29, 1.82) is 0 Å². The molecule has 1 aliphatic carbocycles. The topological polar surface area (TPSA) is 112 Å². The second-order valence-corrected chi connectivity index (χ2v) is 5.60. The highest BCUT2D eigenvalue weighted by Gasteiger charge is 2.28. The quantitative estimate of drug-likeness (QED) is 0.718.